The standard InChI is InChI=1S/C7H12O3.C3H9N/c1-6(2)7(9)10-5-3-4-8;1-4(2)3/h8H,1,3-5H2,2H3;1-3H3. The van der Waals surface area contributed by atoms with Gasteiger partial charge in [-0.1, -0.05) is 6.58 Å². The Hall–Kier alpha value is -0.870. The SMILES string of the molecule is C=C(C)C(=O)OCCCO.CN(C)C. The summed E-state index contributed by atoms with van der Waals surface area (Å²) in [5.74, 6) is -0.395. The molecule has 0 bridgehead atoms. The largest absolute Gasteiger partial charge is 0.462 e. The molecule has 0 amide bonds. The summed E-state index contributed by atoms with van der Waals surface area (Å²) < 4.78 is 4.65. The van der Waals surface area contributed by atoms with Crippen molar-refractivity contribution in [2.24, 2.45) is 0 Å². The van der Waals surface area contributed by atoms with Crippen LogP contribution in [-0.2, 0) is 9.53 Å². The molecule has 4 heteroatoms. The molecule has 4 nitrogen and oxygen atoms in total. The number of aliphatic hydroxyl groups is 1. The van der Waals surface area contributed by atoms with E-state index in [0.717, 1.165) is 0 Å². The minimum atomic E-state index is -0.395. The lowest BCUT2D eigenvalue weighted by atomic mass is 10.4. The highest BCUT2D eigenvalue weighted by atomic mass is 16.5. The van der Waals surface area contributed by atoms with Gasteiger partial charge in [-0.2, -0.15) is 0 Å². The van der Waals surface area contributed by atoms with E-state index in [9.17, 15) is 4.79 Å². The maximum atomic E-state index is 10.6. The van der Waals surface area contributed by atoms with E-state index in [-0.39, 0.29) is 13.2 Å². The van der Waals surface area contributed by atoms with Gasteiger partial charge in [0.1, 0.15) is 0 Å². The number of ether oxygens (including phenoxy) is 1. The Morgan fingerprint density at radius 3 is 2.14 bits per heavy atom. The highest BCUT2D eigenvalue weighted by Crippen LogP contribution is 1.92. The van der Waals surface area contributed by atoms with Crippen LogP contribution >= 0.6 is 0 Å². The molecule has 0 spiro atoms. The van der Waals surface area contributed by atoms with Crippen LogP contribution < -0.4 is 0 Å². The van der Waals surface area contributed by atoms with Crippen LogP contribution in [0.25, 0.3) is 0 Å². The summed E-state index contributed by atoms with van der Waals surface area (Å²) in [5, 5.41) is 8.30. The van der Waals surface area contributed by atoms with E-state index >= 15 is 0 Å². The Balaban J connectivity index is 0. The summed E-state index contributed by atoms with van der Waals surface area (Å²) in [5.41, 5.74) is 0.387. The van der Waals surface area contributed by atoms with Crippen LogP contribution in [0.15, 0.2) is 12.2 Å². The van der Waals surface area contributed by atoms with Crippen LogP contribution in [0.4, 0.5) is 0 Å². The van der Waals surface area contributed by atoms with Gasteiger partial charge in [0.15, 0.2) is 0 Å². The van der Waals surface area contributed by atoms with Crippen molar-refractivity contribution >= 4 is 5.97 Å². The first-order valence-corrected chi connectivity index (χ1v) is 4.46. The third kappa shape index (κ3) is 17.3. The summed E-state index contributed by atoms with van der Waals surface area (Å²) in [6.45, 7) is 5.29. The Labute approximate surface area is 86.2 Å². The average Bonchev–Trinajstić information content (AvgIpc) is 2.03. The Morgan fingerprint density at radius 1 is 1.43 bits per heavy atom. The lowest BCUT2D eigenvalue weighted by Gasteiger charge is -2.00. The number of esters is 1. The average molecular weight is 203 g/mol. The first-order valence-electron chi connectivity index (χ1n) is 4.46. The fraction of sp³-hybridized carbons (Fsp3) is 0.700. The van der Waals surface area contributed by atoms with Gasteiger partial charge < -0.3 is 14.7 Å². The number of hydrogen-bond acceptors (Lipinski definition) is 4. The smallest absolute Gasteiger partial charge is 0.333 e. The molecule has 0 aliphatic heterocycles. The van der Waals surface area contributed by atoms with Crippen molar-refractivity contribution < 1.29 is 14.6 Å². The molecule has 0 aliphatic carbocycles. The molecule has 84 valence electrons. The van der Waals surface area contributed by atoms with Crippen molar-refractivity contribution in [3.8, 4) is 0 Å². The molecule has 0 heterocycles. The zero-order valence-corrected chi connectivity index (χ0v) is 9.54. The zero-order valence-electron chi connectivity index (χ0n) is 9.54. The molecule has 0 aromatic carbocycles. The molecule has 0 saturated carbocycles. The monoisotopic (exact) mass is 203 g/mol. The van der Waals surface area contributed by atoms with Gasteiger partial charge in [0.25, 0.3) is 0 Å². The fourth-order valence-electron chi connectivity index (χ4n) is 0.353. The number of carbonyl (C=O) groups excluding carboxylic acids is 1. The Kier molecular flexibility index (Phi) is 11.4. The zero-order chi connectivity index (χ0) is 11.6. The molecule has 14 heavy (non-hydrogen) atoms. The molecule has 1 N–H and O–H groups in total. The quantitative estimate of drug-likeness (QED) is 0.414. The van der Waals surface area contributed by atoms with Crippen LogP contribution in [0.3, 0.4) is 0 Å². The molecule has 0 fully saturated rings. The van der Waals surface area contributed by atoms with Gasteiger partial charge in [0, 0.05) is 18.6 Å². The minimum Gasteiger partial charge on any atom is -0.462 e. The molecule has 0 aliphatic rings. The predicted octanol–water partition coefficient (Wildman–Crippen LogP) is 0.666. The number of carbonyl (C=O) groups is 1. The Bertz CT molecular complexity index is 164. The van der Waals surface area contributed by atoms with E-state index in [4.69, 9.17) is 5.11 Å². The van der Waals surface area contributed by atoms with Gasteiger partial charge >= 0.3 is 5.97 Å². The number of aliphatic hydroxyl groups excluding tert-OH is 1. The van der Waals surface area contributed by atoms with E-state index in [0.29, 0.717) is 12.0 Å². The fourth-order valence-corrected chi connectivity index (χ4v) is 0.353. The van der Waals surface area contributed by atoms with Crippen molar-refractivity contribution in [2.75, 3.05) is 34.4 Å². The summed E-state index contributed by atoms with van der Waals surface area (Å²) in [6, 6.07) is 0. The van der Waals surface area contributed by atoms with Crippen LogP contribution in [-0.4, -0.2) is 50.3 Å². The normalized spacial score (nSPS) is 9.00. The van der Waals surface area contributed by atoms with Crippen molar-refractivity contribution in [3.05, 3.63) is 12.2 Å². The molecular weight excluding hydrogens is 182 g/mol. The van der Waals surface area contributed by atoms with E-state index in [1.165, 1.54) is 0 Å². The third-order valence-electron chi connectivity index (χ3n) is 0.884. The molecular formula is C10H21NO3. The van der Waals surface area contributed by atoms with Crippen LogP contribution in [0.1, 0.15) is 13.3 Å². The Morgan fingerprint density at radius 2 is 1.86 bits per heavy atom. The van der Waals surface area contributed by atoms with Gasteiger partial charge in [-0.25, -0.2) is 4.79 Å². The van der Waals surface area contributed by atoms with Crippen LogP contribution in [0.5, 0.6) is 0 Å². The van der Waals surface area contributed by atoms with Gasteiger partial charge in [0.05, 0.1) is 6.61 Å². The van der Waals surface area contributed by atoms with E-state index in [1.54, 1.807) is 6.92 Å². The van der Waals surface area contributed by atoms with Gasteiger partial charge in [-0.05, 0) is 28.1 Å². The molecule has 0 unspecified atom stereocenters. The maximum absolute atomic E-state index is 10.6. The van der Waals surface area contributed by atoms with Crippen molar-refractivity contribution in [1.29, 1.82) is 0 Å². The minimum absolute atomic E-state index is 0.0451. The highest BCUT2D eigenvalue weighted by Gasteiger charge is 2.00. The van der Waals surface area contributed by atoms with Crippen molar-refractivity contribution in [2.45, 2.75) is 13.3 Å². The number of rotatable bonds is 4. The summed E-state index contributed by atoms with van der Waals surface area (Å²) in [7, 11) is 6.00. The third-order valence-corrected chi connectivity index (χ3v) is 0.884. The van der Waals surface area contributed by atoms with E-state index < -0.39 is 5.97 Å². The molecule has 0 rings (SSSR count). The molecule has 0 aromatic heterocycles. The summed E-state index contributed by atoms with van der Waals surface area (Å²) >= 11 is 0. The second kappa shape index (κ2) is 10.2. The van der Waals surface area contributed by atoms with E-state index in [2.05, 4.69) is 11.3 Å². The van der Waals surface area contributed by atoms with Gasteiger partial charge in [-0.15, -0.1) is 0 Å². The molecule has 0 aromatic rings. The lowest BCUT2D eigenvalue weighted by molar-refractivity contribution is -0.139. The van der Waals surface area contributed by atoms with Gasteiger partial charge in [-0.3, -0.25) is 0 Å². The van der Waals surface area contributed by atoms with Crippen molar-refractivity contribution in [3.63, 3.8) is 0 Å². The van der Waals surface area contributed by atoms with Crippen molar-refractivity contribution in [1.82, 2.24) is 4.90 Å². The van der Waals surface area contributed by atoms with Crippen LogP contribution in [0.2, 0.25) is 0 Å². The second-order valence-electron chi connectivity index (χ2n) is 3.34. The number of hydrogen-bond donors (Lipinski definition) is 1. The molecule has 0 atom stereocenters. The second-order valence-corrected chi connectivity index (χ2v) is 3.34. The summed E-state index contributed by atoms with van der Waals surface area (Å²) in [4.78, 5) is 12.6. The van der Waals surface area contributed by atoms with E-state index in [1.807, 2.05) is 26.0 Å². The first kappa shape index (κ1) is 15.6. The topological polar surface area (TPSA) is 49.8 Å². The lowest BCUT2D eigenvalue weighted by Crippen LogP contribution is -2.06. The van der Waals surface area contributed by atoms with Crippen LogP contribution in [0, 0.1) is 0 Å². The first-order chi connectivity index (χ1) is 6.41. The maximum Gasteiger partial charge on any atom is 0.333 e. The number of nitrogens with zero attached hydrogens (tertiary/aromatic N) is 1. The molecule has 0 saturated heterocycles. The predicted molar refractivity (Wildman–Crippen MR) is 57.1 cm³/mol. The summed E-state index contributed by atoms with van der Waals surface area (Å²) in [6.07, 6.45) is 0.485. The highest BCUT2D eigenvalue weighted by molar-refractivity contribution is 5.86. The van der Waals surface area contributed by atoms with Gasteiger partial charge in [0.2, 0.25) is 0 Å². The molecule has 0 radical (unpaired) electrons.